The number of alkyl halides is 3. The molecule has 5 nitrogen and oxygen atoms in total. The van der Waals surface area contributed by atoms with E-state index in [1.54, 1.807) is 17.4 Å². The Balaban J connectivity index is 1.45. The predicted molar refractivity (Wildman–Crippen MR) is 115 cm³/mol. The molecular weight excluding hydrogens is 431 g/mol. The van der Waals surface area contributed by atoms with Crippen LogP contribution in [-0.4, -0.2) is 37.9 Å². The SMILES string of the molecule is FC(F)(F)c1ccnc(Nc2cccc(-c3cnc(CCN4CCCC4=S)s3)c2)n1. The van der Waals surface area contributed by atoms with Crippen molar-refractivity contribution < 1.29 is 13.2 Å². The van der Waals surface area contributed by atoms with E-state index in [1.807, 2.05) is 24.4 Å². The molecule has 0 atom stereocenters. The van der Waals surface area contributed by atoms with Crippen molar-refractivity contribution in [2.45, 2.75) is 25.4 Å². The number of thiazole rings is 1. The first kappa shape index (κ1) is 20.7. The van der Waals surface area contributed by atoms with Crippen LogP contribution in [0.2, 0.25) is 0 Å². The summed E-state index contributed by atoms with van der Waals surface area (Å²) in [5.74, 6) is -0.103. The first-order valence-corrected chi connectivity index (χ1v) is 10.6. The number of halogens is 3. The van der Waals surface area contributed by atoms with Crippen molar-refractivity contribution >= 4 is 40.2 Å². The van der Waals surface area contributed by atoms with Gasteiger partial charge >= 0.3 is 6.18 Å². The number of rotatable bonds is 6. The summed E-state index contributed by atoms with van der Waals surface area (Å²) in [6.45, 7) is 1.89. The van der Waals surface area contributed by atoms with Crippen LogP contribution in [0.3, 0.4) is 0 Å². The van der Waals surface area contributed by atoms with Crippen LogP contribution < -0.4 is 5.32 Å². The van der Waals surface area contributed by atoms with Crippen LogP contribution in [0.4, 0.5) is 24.8 Å². The molecule has 0 aliphatic carbocycles. The van der Waals surface area contributed by atoms with Crippen molar-refractivity contribution in [2.24, 2.45) is 0 Å². The van der Waals surface area contributed by atoms with Crippen LogP contribution in [0.5, 0.6) is 0 Å². The Morgan fingerprint density at radius 1 is 1.20 bits per heavy atom. The first-order chi connectivity index (χ1) is 14.4. The van der Waals surface area contributed by atoms with Crippen LogP contribution in [0.1, 0.15) is 23.5 Å². The van der Waals surface area contributed by atoms with Crippen molar-refractivity contribution in [3.05, 3.63) is 53.4 Å². The molecule has 1 aromatic carbocycles. The van der Waals surface area contributed by atoms with Crippen molar-refractivity contribution in [2.75, 3.05) is 18.4 Å². The second kappa shape index (κ2) is 8.65. The van der Waals surface area contributed by atoms with Crippen LogP contribution in [0.15, 0.2) is 42.7 Å². The summed E-state index contributed by atoms with van der Waals surface area (Å²) < 4.78 is 38.5. The third-order valence-corrected chi connectivity index (χ3v) is 6.24. The molecule has 4 rings (SSSR count). The minimum atomic E-state index is -4.51. The van der Waals surface area contributed by atoms with Gasteiger partial charge in [-0.25, -0.2) is 15.0 Å². The summed E-state index contributed by atoms with van der Waals surface area (Å²) in [6, 6.07) is 8.20. The molecule has 156 valence electrons. The third-order valence-electron chi connectivity index (χ3n) is 4.67. The second-order valence-corrected chi connectivity index (χ2v) is 8.41. The molecule has 0 unspecified atom stereocenters. The molecule has 1 aliphatic heterocycles. The maximum absolute atomic E-state index is 12.8. The zero-order valence-corrected chi connectivity index (χ0v) is 17.4. The van der Waals surface area contributed by atoms with Gasteiger partial charge in [-0.15, -0.1) is 11.3 Å². The van der Waals surface area contributed by atoms with Gasteiger partial charge in [0.05, 0.1) is 14.9 Å². The molecule has 0 saturated carbocycles. The smallest absolute Gasteiger partial charge is 0.366 e. The predicted octanol–water partition coefficient (Wildman–Crippen LogP) is 5.33. The molecule has 1 fully saturated rings. The van der Waals surface area contributed by atoms with Gasteiger partial charge in [0.2, 0.25) is 5.95 Å². The first-order valence-electron chi connectivity index (χ1n) is 9.39. The fourth-order valence-electron chi connectivity index (χ4n) is 3.19. The Bertz CT molecular complexity index is 1050. The number of hydrogen-bond acceptors (Lipinski definition) is 6. The lowest BCUT2D eigenvalue weighted by Gasteiger charge is -2.16. The highest BCUT2D eigenvalue weighted by Crippen LogP contribution is 2.30. The summed E-state index contributed by atoms with van der Waals surface area (Å²) in [7, 11) is 0. The number of nitrogens with zero attached hydrogens (tertiary/aromatic N) is 4. The Kier molecular flexibility index (Phi) is 5.96. The van der Waals surface area contributed by atoms with E-state index in [9.17, 15) is 13.2 Å². The zero-order chi connectivity index (χ0) is 21.1. The highest BCUT2D eigenvalue weighted by atomic mass is 32.1. The van der Waals surface area contributed by atoms with Crippen LogP contribution in [0.25, 0.3) is 10.4 Å². The monoisotopic (exact) mass is 449 g/mol. The topological polar surface area (TPSA) is 53.9 Å². The average molecular weight is 450 g/mol. The van der Waals surface area contributed by atoms with E-state index >= 15 is 0 Å². The second-order valence-electron chi connectivity index (χ2n) is 6.82. The van der Waals surface area contributed by atoms with Crippen molar-refractivity contribution in [1.29, 1.82) is 0 Å². The third kappa shape index (κ3) is 4.93. The molecule has 0 amide bonds. The standard InChI is InChI=1S/C20H18F3N5S2/c21-20(22,23)16-6-8-24-19(27-16)26-14-4-1-3-13(11-14)15-12-25-17(30-15)7-10-28-9-2-5-18(28)29/h1,3-4,6,8,11-12H,2,5,7,9-10H2,(H,24,26,27). The van der Waals surface area contributed by atoms with Gasteiger partial charge in [-0.2, -0.15) is 13.2 Å². The van der Waals surface area contributed by atoms with Crippen molar-refractivity contribution in [3.63, 3.8) is 0 Å². The molecule has 2 aromatic heterocycles. The number of anilines is 2. The number of benzene rings is 1. The van der Waals surface area contributed by atoms with E-state index in [0.29, 0.717) is 5.69 Å². The Labute approximate surface area is 181 Å². The van der Waals surface area contributed by atoms with Crippen LogP contribution >= 0.6 is 23.6 Å². The summed E-state index contributed by atoms with van der Waals surface area (Å²) in [4.78, 5) is 16.2. The van der Waals surface area contributed by atoms with Crippen LogP contribution in [-0.2, 0) is 12.6 Å². The van der Waals surface area contributed by atoms with E-state index in [0.717, 1.165) is 65.1 Å². The Hall–Kier alpha value is -2.59. The van der Waals surface area contributed by atoms with Crippen molar-refractivity contribution in [3.8, 4) is 10.4 Å². The molecule has 30 heavy (non-hydrogen) atoms. The number of thiocarbonyl (C=S) groups is 1. The number of nitrogens with one attached hydrogen (secondary N) is 1. The fourth-order valence-corrected chi connectivity index (χ4v) is 4.42. The van der Waals surface area contributed by atoms with E-state index in [-0.39, 0.29) is 5.95 Å². The number of likely N-dealkylation sites (tertiary alicyclic amines) is 1. The highest BCUT2D eigenvalue weighted by molar-refractivity contribution is 7.80. The van der Waals surface area contributed by atoms with Gasteiger partial charge in [-0.1, -0.05) is 24.4 Å². The van der Waals surface area contributed by atoms with E-state index in [2.05, 4.69) is 25.2 Å². The lowest BCUT2D eigenvalue weighted by molar-refractivity contribution is -0.141. The zero-order valence-electron chi connectivity index (χ0n) is 15.8. The molecule has 3 aromatic rings. The van der Waals surface area contributed by atoms with Gasteiger partial charge in [-0.3, -0.25) is 0 Å². The summed E-state index contributed by atoms with van der Waals surface area (Å²) >= 11 is 6.97. The molecular formula is C20H18F3N5S2. The van der Waals surface area contributed by atoms with E-state index < -0.39 is 11.9 Å². The molecule has 3 heterocycles. The van der Waals surface area contributed by atoms with E-state index in [1.165, 1.54) is 0 Å². The molecule has 0 radical (unpaired) electrons. The fraction of sp³-hybridized carbons (Fsp3) is 0.300. The maximum atomic E-state index is 12.8. The molecule has 1 aliphatic rings. The Morgan fingerprint density at radius 2 is 2.07 bits per heavy atom. The van der Waals surface area contributed by atoms with Gasteiger partial charge in [-0.05, 0) is 36.6 Å². The van der Waals surface area contributed by atoms with Crippen molar-refractivity contribution in [1.82, 2.24) is 19.9 Å². The van der Waals surface area contributed by atoms with Gasteiger partial charge in [0, 0.05) is 37.6 Å². The number of hydrogen-bond donors (Lipinski definition) is 1. The van der Waals surface area contributed by atoms with Gasteiger partial charge in [0.25, 0.3) is 0 Å². The molecule has 1 N–H and O–H groups in total. The molecule has 0 spiro atoms. The normalized spacial score (nSPS) is 14.4. The summed E-state index contributed by atoms with van der Waals surface area (Å²) in [5.41, 5.74) is 0.539. The van der Waals surface area contributed by atoms with Gasteiger partial charge in [0.15, 0.2) is 0 Å². The maximum Gasteiger partial charge on any atom is 0.433 e. The van der Waals surface area contributed by atoms with E-state index in [4.69, 9.17) is 12.2 Å². The lowest BCUT2D eigenvalue weighted by Crippen LogP contribution is -2.25. The largest absolute Gasteiger partial charge is 0.433 e. The summed E-state index contributed by atoms with van der Waals surface area (Å²) in [5, 5.41) is 3.87. The summed E-state index contributed by atoms with van der Waals surface area (Å²) in [6.07, 6.45) is 1.34. The van der Waals surface area contributed by atoms with Gasteiger partial charge < -0.3 is 10.2 Å². The minimum absolute atomic E-state index is 0.103. The minimum Gasteiger partial charge on any atom is -0.366 e. The lowest BCUT2D eigenvalue weighted by atomic mass is 10.2. The average Bonchev–Trinajstić information content (AvgIpc) is 3.35. The Morgan fingerprint density at radius 3 is 2.83 bits per heavy atom. The number of aromatic nitrogens is 3. The highest BCUT2D eigenvalue weighted by Gasteiger charge is 2.32. The van der Waals surface area contributed by atoms with Gasteiger partial charge in [0.1, 0.15) is 5.69 Å². The molecule has 0 bridgehead atoms. The van der Waals surface area contributed by atoms with Crippen LogP contribution in [0, 0.1) is 0 Å². The molecule has 1 saturated heterocycles. The molecule has 10 heteroatoms. The quantitative estimate of drug-likeness (QED) is 0.514.